The molecule has 0 radical (unpaired) electrons. The fraction of sp³-hybridized carbons (Fsp3) is 0.333. The summed E-state index contributed by atoms with van der Waals surface area (Å²) < 4.78 is 27.6. The molecule has 10 nitrogen and oxygen atoms in total. The zero-order valence-corrected chi connectivity index (χ0v) is 15.3. The molecular weight excluding hydrogens is 358 g/mol. The van der Waals surface area contributed by atoms with Crippen LogP contribution in [0.25, 0.3) is 22.1 Å². The SMILES string of the molecule is CC(C)(Cn1c(/C=N/O)nc2c(N)nc3cccnc3c21)NS(C)(=O)=O. The minimum atomic E-state index is -3.43. The molecule has 26 heavy (non-hydrogen) atoms. The highest BCUT2D eigenvalue weighted by atomic mass is 32.2. The molecule has 0 unspecified atom stereocenters. The Morgan fingerprint density at radius 3 is 2.77 bits per heavy atom. The summed E-state index contributed by atoms with van der Waals surface area (Å²) in [7, 11) is -3.43. The Kier molecular flexibility index (Phi) is 4.28. The van der Waals surface area contributed by atoms with Crippen molar-refractivity contribution in [2.75, 3.05) is 12.0 Å². The second kappa shape index (κ2) is 6.18. The molecule has 0 amide bonds. The van der Waals surface area contributed by atoms with Crippen LogP contribution in [0.5, 0.6) is 0 Å². The van der Waals surface area contributed by atoms with Gasteiger partial charge in [-0.15, -0.1) is 0 Å². The van der Waals surface area contributed by atoms with E-state index in [1.54, 1.807) is 36.7 Å². The number of fused-ring (bicyclic) bond motifs is 3. The highest BCUT2D eigenvalue weighted by Gasteiger charge is 2.26. The number of sulfonamides is 1. The van der Waals surface area contributed by atoms with E-state index in [0.717, 1.165) is 12.5 Å². The van der Waals surface area contributed by atoms with E-state index in [9.17, 15) is 8.42 Å². The van der Waals surface area contributed by atoms with Crippen LogP contribution in [-0.4, -0.2) is 51.2 Å². The van der Waals surface area contributed by atoms with E-state index in [1.165, 1.54) is 0 Å². The number of nitrogens with one attached hydrogen (secondary N) is 1. The van der Waals surface area contributed by atoms with E-state index in [4.69, 9.17) is 10.9 Å². The molecule has 0 aliphatic carbocycles. The van der Waals surface area contributed by atoms with Gasteiger partial charge in [0, 0.05) is 18.3 Å². The van der Waals surface area contributed by atoms with Gasteiger partial charge in [-0.3, -0.25) is 4.98 Å². The van der Waals surface area contributed by atoms with Crippen molar-refractivity contribution in [2.45, 2.75) is 25.9 Å². The van der Waals surface area contributed by atoms with Crippen LogP contribution in [0.2, 0.25) is 0 Å². The summed E-state index contributed by atoms with van der Waals surface area (Å²) in [4.78, 5) is 13.0. The maximum Gasteiger partial charge on any atom is 0.209 e. The van der Waals surface area contributed by atoms with Gasteiger partial charge in [-0.1, -0.05) is 5.16 Å². The largest absolute Gasteiger partial charge is 0.411 e. The highest BCUT2D eigenvalue weighted by Crippen LogP contribution is 2.28. The number of oxime groups is 1. The molecule has 4 N–H and O–H groups in total. The summed E-state index contributed by atoms with van der Waals surface area (Å²) in [5.74, 6) is 0.512. The average molecular weight is 377 g/mol. The molecule has 0 saturated heterocycles. The molecule has 0 saturated carbocycles. The van der Waals surface area contributed by atoms with Crippen LogP contribution < -0.4 is 10.5 Å². The van der Waals surface area contributed by atoms with Gasteiger partial charge in [0.05, 0.1) is 11.8 Å². The molecule has 3 rings (SSSR count). The number of imidazole rings is 1. The molecule has 0 aromatic carbocycles. The van der Waals surface area contributed by atoms with Gasteiger partial charge >= 0.3 is 0 Å². The quantitative estimate of drug-likeness (QED) is 0.336. The number of nitrogen functional groups attached to an aromatic ring is 1. The summed E-state index contributed by atoms with van der Waals surface area (Å²) in [5.41, 5.74) is 7.33. The monoisotopic (exact) mass is 377 g/mol. The molecule has 3 aromatic heterocycles. The first kappa shape index (κ1) is 18.0. The Balaban J connectivity index is 2.30. The fourth-order valence-electron chi connectivity index (χ4n) is 2.98. The number of nitrogens with two attached hydrogens (primary N) is 1. The Morgan fingerprint density at radius 2 is 2.12 bits per heavy atom. The van der Waals surface area contributed by atoms with Crippen LogP contribution in [0.15, 0.2) is 23.5 Å². The number of anilines is 1. The summed E-state index contributed by atoms with van der Waals surface area (Å²) in [5, 5.41) is 12.0. The summed E-state index contributed by atoms with van der Waals surface area (Å²) in [6.07, 6.45) is 3.87. The third-order valence-electron chi connectivity index (χ3n) is 3.68. The number of aromatic nitrogens is 4. The molecular formula is C15H19N7O3S. The first-order valence-electron chi connectivity index (χ1n) is 7.68. The van der Waals surface area contributed by atoms with Crippen molar-refractivity contribution in [1.82, 2.24) is 24.2 Å². The molecule has 3 aromatic rings. The second-order valence-corrected chi connectivity index (χ2v) is 8.37. The van der Waals surface area contributed by atoms with E-state index >= 15 is 0 Å². The normalized spacial score (nSPS) is 13.2. The van der Waals surface area contributed by atoms with Gasteiger partial charge in [0.15, 0.2) is 11.6 Å². The van der Waals surface area contributed by atoms with Gasteiger partial charge in [0.25, 0.3) is 0 Å². The third-order valence-corrected chi connectivity index (χ3v) is 4.60. The van der Waals surface area contributed by atoms with Crippen molar-refractivity contribution in [3.63, 3.8) is 0 Å². The van der Waals surface area contributed by atoms with Crippen LogP contribution in [0, 0.1) is 0 Å². The van der Waals surface area contributed by atoms with Crippen LogP contribution in [0.3, 0.4) is 0 Å². The van der Waals surface area contributed by atoms with Crippen molar-refractivity contribution >= 4 is 44.1 Å². The molecule has 0 aliphatic rings. The predicted molar refractivity (Wildman–Crippen MR) is 98.7 cm³/mol. The molecule has 0 fully saturated rings. The first-order chi connectivity index (χ1) is 12.1. The number of pyridine rings is 2. The van der Waals surface area contributed by atoms with Gasteiger partial charge in [-0.2, -0.15) is 0 Å². The zero-order valence-electron chi connectivity index (χ0n) is 14.5. The number of hydrogen-bond donors (Lipinski definition) is 3. The topological polar surface area (TPSA) is 148 Å². The molecule has 0 spiro atoms. The second-order valence-electron chi connectivity index (χ2n) is 6.62. The van der Waals surface area contributed by atoms with E-state index in [1.807, 2.05) is 0 Å². The molecule has 138 valence electrons. The third kappa shape index (κ3) is 3.44. The number of nitrogens with zero attached hydrogens (tertiary/aromatic N) is 5. The van der Waals surface area contributed by atoms with Gasteiger partial charge in [0.2, 0.25) is 10.0 Å². The van der Waals surface area contributed by atoms with Crippen LogP contribution in [0.4, 0.5) is 5.82 Å². The van der Waals surface area contributed by atoms with Gasteiger partial charge < -0.3 is 15.5 Å². The summed E-state index contributed by atoms with van der Waals surface area (Å²) in [6, 6.07) is 3.52. The van der Waals surface area contributed by atoms with Gasteiger partial charge in [0.1, 0.15) is 22.8 Å². The minimum absolute atomic E-state index is 0.201. The lowest BCUT2D eigenvalue weighted by Gasteiger charge is -2.26. The van der Waals surface area contributed by atoms with E-state index in [-0.39, 0.29) is 12.4 Å². The van der Waals surface area contributed by atoms with Gasteiger partial charge in [-0.25, -0.2) is 23.1 Å². The van der Waals surface area contributed by atoms with Crippen molar-refractivity contribution in [1.29, 1.82) is 0 Å². The summed E-state index contributed by atoms with van der Waals surface area (Å²) >= 11 is 0. The van der Waals surface area contributed by atoms with Crippen molar-refractivity contribution < 1.29 is 13.6 Å². The van der Waals surface area contributed by atoms with E-state index in [2.05, 4.69) is 24.8 Å². The molecule has 0 aliphatic heterocycles. The number of rotatable bonds is 5. The Labute approximate surface area is 149 Å². The van der Waals surface area contributed by atoms with Crippen molar-refractivity contribution in [2.24, 2.45) is 5.16 Å². The van der Waals surface area contributed by atoms with Crippen LogP contribution in [-0.2, 0) is 16.6 Å². The average Bonchev–Trinajstić information content (AvgIpc) is 2.84. The van der Waals surface area contributed by atoms with Crippen molar-refractivity contribution in [3.05, 3.63) is 24.2 Å². The van der Waals surface area contributed by atoms with E-state index < -0.39 is 15.6 Å². The van der Waals surface area contributed by atoms with E-state index in [0.29, 0.717) is 27.9 Å². The minimum Gasteiger partial charge on any atom is -0.411 e. The maximum atomic E-state index is 11.7. The van der Waals surface area contributed by atoms with Gasteiger partial charge in [-0.05, 0) is 26.0 Å². The Hall–Kier alpha value is -2.79. The molecule has 3 heterocycles. The number of hydrogen-bond acceptors (Lipinski definition) is 8. The lowest BCUT2D eigenvalue weighted by Crippen LogP contribution is -2.46. The highest BCUT2D eigenvalue weighted by molar-refractivity contribution is 7.88. The van der Waals surface area contributed by atoms with Crippen LogP contribution in [0.1, 0.15) is 19.7 Å². The molecule has 0 bridgehead atoms. The predicted octanol–water partition coefficient (Wildman–Crippen LogP) is 0.698. The lowest BCUT2D eigenvalue weighted by molar-refractivity contribution is 0.321. The Morgan fingerprint density at radius 1 is 1.38 bits per heavy atom. The Bertz CT molecular complexity index is 1120. The zero-order chi connectivity index (χ0) is 19.1. The molecule has 11 heteroatoms. The first-order valence-corrected chi connectivity index (χ1v) is 9.57. The van der Waals surface area contributed by atoms with Crippen molar-refractivity contribution in [3.8, 4) is 0 Å². The smallest absolute Gasteiger partial charge is 0.209 e. The maximum absolute atomic E-state index is 11.7. The lowest BCUT2D eigenvalue weighted by atomic mass is 10.1. The standard InChI is InChI=1S/C15H19N7O3S/c1-15(2,21-26(3,24)25)8-22-10(7-18-23)20-12-13(22)11-9(19-14(12)16)5-4-6-17-11/h4-7,21,23H,8H2,1-3H3,(H2,16,19)/b18-7+. The van der Waals surface area contributed by atoms with Crippen LogP contribution >= 0.6 is 0 Å². The fourth-order valence-corrected chi connectivity index (χ4v) is 4.05. The summed E-state index contributed by atoms with van der Waals surface area (Å²) in [6.45, 7) is 3.67. The molecule has 0 atom stereocenters.